The number of rotatable bonds is 4. The van der Waals surface area contributed by atoms with Gasteiger partial charge in [0, 0.05) is 66.6 Å². The summed E-state index contributed by atoms with van der Waals surface area (Å²) in [4.78, 5) is 16.2. The standard InChI is InChI=1S/C44H26F4N4O4/c45-41-21(5-1-9-33(41)53)37-25-13-15-27(49-25)38(22-6-2-10-34(54)42(22)46)29-17-19-31(51-29)40(24-8-4-12-36(56)44(24)48)32-20-18-30(52-32)39(28-16-14-26(37)50-28)23-7-3-11-35(55)43(23)47/h1-20,49,52-56H. The normalized spacial score (nSPS) is 12.1. The molecule has 274 valence electrons. The quantitative estimate of drug-likeness (QED) is 0.0991. The van der Waals surface area contributed by atoms with Crippen molar-refractivity contribution in [3.05, 3.63) is 143 Å². The molecule has 0 amide bonds. The first-order valence-corrected chi connectivity index (χ1v) is 17.2. The van der Waals surface area contributed by atoms with Crippen molar-refractivity contribution in [3.63, 3.8) is 0 Å². The second kappa shape index (κ2) is 13.1. The van der Waals surface area contributed by atoms with Crippen molar-refractivity contribution in [3.8, 4) is 67.5 Å². The molecular weight excluding hydrogens is 724 g/mol. The molecule has 8 nitrogen and oxygen atoms in total. The lowest BCUT2D eigenvalue weighted by molar-refractivity contribution is 0.433. The number of hydrogen-bond donors (Lipinski definition) is 6. The number of H-pyrrole nitrogens is 2. The lowest BCUT2D eigenvalue weighted by Gasteiger charge is -2.09. The number of nitrogens with zero attached hydrogens (tertiary/aromatic N) is 2. The zero-order valence-electron chi connectivity index (χ0n) is 28.7. The van der Waals surface area contributed by atoms with Crippen LogP contribution in [0.4, 0.5) is 17.6 Å². The van der Waals surface area contributed by atoms with Gasteiger partial charge in [0.05, 0.1) is 22.8 Å². The smallest absolute Gasteiger partial charge is 0.172 e. The molecule has 0 spiro atoms. The molecule has 0 fully saturated rings. The third kappa shape index (κ3) is 5.46. The van der Waals surface area contributed by atoms with Crippen LogP contribution in [0.2, 0.25) is 0 Å². The summed E-state index contributed by atoms with van der Waals surface area (Å²) in [7, 11) is 0. The Hall–Kier alpha value is -7.60. The molecule has 7 aromatic rings. The first kappa shape index (κ1) is 34.2. The van der Waals surface area contributed by atoms with Crippen LogP contribution in [0.5, 0.6) is 23.0 Å². The molecule has 0 atom stereocenters. The maximum absolute atomic E-state index is 15.9. The molecule has 0 unspecified atom stereocenters. The number of fused-ring (bicyclic) bond motifs is 8. The van der Waals surface area contributed by atoms with Gasteiger partial charge in [0.25, 0.3) is 0 Å². The molecular formula is C44H26F4N4O4. The second-order valence-electron chi connectivity index (χ2n) is 13.1. The van der Waals surface area contributed by atoms with E-state index < -0.39 is 46.3 Å². The molecule has 12 heteroatoms. The first-order chi connectivity index (χ1) is 27.1. The van der Waals surface area contributed by atoms with Crippen LogP contribution in [0.3, 0.4) is 0 Å². The van der Waals surface area contributed by atoms with Crippen molar-refractivity contribution in [1.29, 1.82) is 0 Å². The molecule has 4 aromatic carbocycles. The summed E-state index contributed by atoms with van der Waals surface area (Å²) in [5, 5.41) is 41.8. The number of aromatic nitrogens is 4. The Balaban J connectivity index is 1.52. The van der Waals surface area contributed by atoms with E-state index >= 15 is 17.6 Å². The van der Waals surface area contributed by atoms with Crippen molar-refractivity contribution in [1.82, 2.24) is 19.9 Å². The van der Waals surface area contributed by atoms with Gasteiger partial charge in [-0.25, -0.2) is 27.5 Å². The third-order valence-corrected chi connectivity index (χ3v) is 9.74. The van der Waals surface area contributed by atoms with Crippen LogP contribution in [0.15, 0.2) is 97.1 Å². The Morgan fingerprint density at radius 2 is 0.571 bits per heavy atom. The Labute approximate surface area is 314 Å². The number of phenols is 4. The summed E-state index contributed by atoms with van der Waals surface area (Å²) in [6.45, 7) is 0. The Morgan fingerprint density at radius 3 is 0.804 bits per heavy atom. The monoisotopic (exact) mass is 750 g/mol. The van der Waals surface area contributed by atoms with E-state index in [1.54, 1.807) is 48.6 Å². The fourth-order valence-corrected chi connectivity index (χ4v) is 7.19. The SMILES string of the molecule is Oc1cccc(-c2c3nc(c(-c4cccc(O)c4F)c4ccc([nH]4)c(-c4cccc(O)c4F)c4nc(c(-c5cccc(O)c5F)c5ccc2[nH]5)C=C4)C=C3)c1F. The van der Waals surface area contributed by atoms with Gasteiger partial charge < -0.3 is 30.4 Å². The van der Waals surface area contributed by atoms with E-state index in [4.69, 9.17) is 9.97 Å². The molecule has 0 aliphatic carbocycles. The number of nitrogens with one attached hydrogen (secondary N) is 2. The highest BCUT2D eigenvalue weighted by atomic mass is 19.1. The zero-order chi connectivity index (χ0) is 38.8. The predicted octanol–water partition coefficient (Wildman–Crippen LogP) is 10.7. The summed E-state index contributed by atoms with van der Waals surface area (Å²) in [5.41, 5.74) is 2.52. The van der Waals surface area contributed by atoms with E-state index in [1.807, 2.05) is 0 Å². The van der Waals surface area contributed by atoms with Crippen LogP contribution >= 0.6 is 0 Å². The molecule has 3 aromatic heterocycles. The molecule has 56 heavy (non-hydrogen) atoms. The maximum atomic E-state index is 15.9. The van der Waals surface area contributed by atoms with Crippen LogP contribution in [-0.4, -0.2) is 40.4 Å². The van der Waals surface area contributed by atoms with E-state index in [0.717, 1.165) is 0 Å². The van der Waals surface area contributed by atoms with Gasteiger partial charge in [-0.05, 0) is 72.8 Å². The lowest BCUT2D eigenvalue weighted by Crippen LogP contribution is -1.93. The Kier molecular flexibility index (Phi) is 7.97. The average molecular weight is 751 g/mol. The molecule has 2 aliphatic heterocycles. The number of benzene rings is 4. The molecule has 9 rings (SSSR count). The van der Waals surface area contributed by atoms with E-state index in [0.29, 0.717) is 0 Å². The number of aromatic amines is 2. The van der Waals surface area contributed by atoms with E-state index in [1.165, 1.54) is 72.8 Å². The fourth-order valence-electron chi connectivity index (χ4n) is 7.19. The highest BCUT2D eigenvalue weighted by molar-refractivity contribution is 6.00. The second-order valence-corrected chi connectivity index (χ2v) is 13.1. The molecule has 0 saturated carbocycles. The highest BCUT2D eigenvalue weighted by Gasteiger charge is 2.24. The fraction of sp³-hybridized carbons (Fsp3) is 0. The summed E-state index contributed by atoms with van der Waals surface area (Å²) in [6.07, 6.45) is 6.34. The van der Waals surface area contributed by atoms with Gasteiger partial charge in [-0.15, -0.1) is 0 Å². The molecule has 2 aliphatic rings. The van der Waals surface area contributed by atoms with Gasteiger partial charge in [0.1, 0.15) is 0 Å². The number of phenolic OH excluding ortho intramolecular Hbond substituents is 4. The number of aromatic hydroxyl groups is 4. The first-order valence-electron chi connectivity index (χ1n) is 17.2. The van der Waals surface area contributed by atoms with Gasteiger partial charge in [0.15, 0.2) is 46.3 Å². The third-order valence-electron chi connectivity index (χ3n) is 9.74. The van der Waals surface area contributed by atoms with Gasteiger partial charge in [-0.1, -0.05) is 48.5 Å². The van der Waals surface area contributed by atoms with Gasteiger partial charge in [-0.2, -0.15) is 0 Å². The minimum atomic E-state index is -0.942. The maximum Gasteiger partial charge on any atom is 0.172 e. The zero-order valence-corrected chi connectivity index (χ0v) is 28.7. The summed E-state index contributed by atoms with van der Waals surface area (Å²) >= 11 is 0. The minimum absolute atomic E-state index is 0.0393. The van der Waals surface area contributed by atoms with E-state index in [9.17, 15) is 20.4 Å². The molecule has 0 radical (unpaired) electrons. The topological polar surface area (TPSA) is 138 Å². The van der Waals surface area contributed by atoms with Crippen molar-refractivity contribution in [2.45, 2.75) is 0 Å². The highest BCUT2D eigenvalue weighted by Crippen LogP contribution is 2.42. The largest absolute Gasteiger partial charge is 0.505 e. The number of halogens is 4. The van der Waals surface area contributed by atoms with E-state index in [2.05, 4.69) is 9.97 Å². The van der Waals surface area contributed by atoms with E-state index in [-0.39, 0.29) is 89.4 Å². The van der Waals surface area contributed by atoms with Crippen LogP contribution in [0.1, 0.15) is 22.8 Å². The number of hydrogen-bond acceptors (Lipinski definition) is 6. The van der Waals surface area contributed by atoms with Gasteiger partial charge in [0.2, 0.25) is 0 Å². The predicted molar refractivity (Wildman–Crippen MR) is 207 cm³/mol. The van der Waals surface area contributed by atoms with Gasteiger partial charge >= 0.3 is 0 Å². The van der Waals surface area contributed by atoms with Crippen molar-refractivity contribution < 1.29 is 38.0 Å². The van der Waals surface area contributed by atoms with Crippen LogP contribution < -0.4 is 0 Å². The van der Waals surface area contributed by atoms with Gasteiger partial charge in [-0.3, -0.25) is 0 Å². The summed E-state index contributed by atoms with van der Waals surface area (Å²) in [6, 6.07) is 22.9. The minimum Gasteiger partial charge on any atom is -0.505 e. The summed E-state index contributed by atoms with van der Waals surface area (Å²) < 4.78 is 63.5. The van der Waals surface area contributed by atoms with Crippen LogP contribution in [0.25, 0.3) is 90.9 Å². The van der Waals surface area contributed by atoms with Crippen LogP contribution in [0, 0.1) is 23.3 Å². The molecule has 8 bridgehead atoms. The molecule has 5 heterocycles. The Bertz CT molecular complexity index is 2640. The average Bonchev–Trinajstić information content (AvgIpc) is 4.03. The van der Waals surface area contributed by atoms with Crippen molar-refractivity contribution >= 4 is 46.4 Å². The van der Waals surface area contributed by atoms with Crippen LogP contribution in [-0.2, 0) is 0 Å². The lowest BCUT2D eigenvalue weighted by atomic mass is 10.0. The molecule has 6 N–H and O–H groups in total. The van der Waals surface area contributed by atoms with Crippen molar-refractivity contribution in [2.24, 2.45) is 0 Å². The Morgan fingerprint density at radius 1 is 0.339 bits per heavy atom. The molecule has 0 saturated heterocycles. The summed E-state index contributed by atoms with van der Waals surface area (Å²) in [5.74, 6) is -6.24. The van der Waals surface area contributed by atoms with Crippen molar-refractivity contribution in [2.75, 3.05) is 0 Å².